The van der Waals surface area contributed by atoms with Crippen molar-refractivity contribution in [3.8, 4) is 17.2 Å². The zero-order valence-electron chi connectivity index (χ0n) is 24.2. The number of carbonyl (C=O) groups excluding carboxylic acids is 1. The number of aryl methyl sites for hydroxylation is 1. The fourth-order valence-corrected chi connectivity index (χ4v) is 6.73. The lowest BCUT2D eigenvalue weighted by Gasteiger charge is -2.49. The first-order chi connectivity index (χ1) is 20.1. The summed E-state index contributed by atoms with van der Waals surface area (Å²) in [6, 6.07) is 22.6. The van der Waals surface area contributed by atoms with E-state index in [1.165, 1.54) is 44.7 Å². The van der Waals surface area contributed by atoms with Crippen LogP contribution in [-0.4, -0.2) is 48.4 Å². The van der Waals surface area contributed by atoms with Gasteiger partial charge in [-0.05, 0) is 86.2 Å². The molecule has 8 heteroatoms. The maximum atomic E-state index is 13.4. The summed E-state index contributed by atoms with van der Waals surface area (Å²) in [6.07, 6.45) is 2.22. The summed E-state index contributed by atoms with van der Waals surface area (Å²) in [6.45, 7) is 3.31. The number of carbonyl (C=O) groups is 1. The summed E-state index contributed by atoms with van der Waals surface area (Å²) in [4.78, 5) is 17.8. The number of nitriles is 1. The first-order valence-electron chi connectivity index (χ1n) is 14.6. The van der Waals surface area contributed by atoms with E-state index < -0.39 is 17.3 Å². The van der Waals surface area contributed by atoms with Crippen molar-refractivity contribution in [1.29, 1.82) is 5.26 Å². The van der Waals surface area contributed by atoms with Gasteiger partial charge in [0.2, 0.25) is 5.91 Å². The molecule has 5 rings (SSSR count). The first kappa shape index (κ1) is 29.8. The molecule has 0 bridgehead atoms. The number of anilines is 1. The highest BCUT2D eigenvalue weighted by atomic mass is 19.4. The minimum Gasteiger partial charge on any atom is -0.325 e. The molecule has 1 aliphatic heterocycles. The second-order valence-electron chi connectivity index (χ2n) is 11.7. The summed E-state index contributed by atoms with van der Waals surface area (Å²) in [5, 5.41) is 12.0. The first-order valence-corrected chi connectivity index (χ1v) is 14.6. The van der Waals surface area contributed by atoms with Crippen LogP contribution in [0.3, 0.4) is 0 Å². The van der Waals surface area contributed by atoms with E-state index in [4.69, 9.17) is 0 Å². The molecule has 3 aromatic carbocycles. The van der Waals surface area contributed by atoms with Gasteiger partial charge in [0.25, 0.3) is 0 Å². The molecule has 1 N–H and O–H groups in total. The maximum Gasteiger partial charge on any atom is 0.416 e. The van der Waals surface area contributed by atoms with Gasteiger partial charge in [0, 0.05) is 30.4 Å². The largest absolute Gasteiger partial charge is 0.416 e. The number of alkyl halides is 3. The smallest absolute Gasteiger partial charge is 0.325 e. The van der Waals surface area contributed by atoms with E-state index in [1.807, 2.05) is 25.2 Å². The van der Waals surface area contributed by atoms with Gasteiger partial charge >= 0.3 is 6.18 Å². The molecule has 2 fully saturated rings. The van der Waals surface area contributed by atoms with Crippen LogP contribution >= 0.6 is 0 Å². The molecule has 0 atom stereocenters. The molecule has 220 valence electrons. The van der Waals surface area contributed by atoms with Crippen LogP contribution in [-0.2, 0) is 16.5 Å². The van der Waals surface area contributed by atoms with Gasteiger partial charge in [-0.1, -0.05) is 55.3 Å². The van der Waals surface area contributed by atoms with Crippen LogP contribution in [0.4, 0.5) is 18.9 Å². The molecule has 0 spiro atoms. The lowest BCUT2D eigenvalue weighted by molar-refractivity contribution is -0.138. The Labute approximate surface area is 245 Å². The molecule has 3 aromatic rings. The number of halogens is 3. The Kier molecular flexibility index (Phi) is 8.72. The van der Waals surface area contributed by atoms with Crippen molar-refractivity contribution < 1.29 is 18.0 Å². The molecule has 0 radical (unpaired) electrons. The topological polar surface area (TPSA) is 59.4 Å². The van der Waals surface area contributed by atoms with E-state index in [9.17, 15) is 23.2 Å². The van der Waals surface area contributed by atoms with Gasteiger partial charge in [0.15, 0.2) is 0 Å². The maximum absolute atomic E-state index is 13.4. The van der Waals surface area contributed by atoms with Gasteiger partial charge in [-0.3, -0.25) is 9.69 Å². The Balaban J connectivity index is 1.37. The van der Waals surface area contributed by atoms with Crippen molar-refractivity contribution in [2.45, 2.75) is 63.2 Å². The number of piperidine rings is 1. The van der Waals surface area contributed by atoms with Crippen molar-refractivity contribution in [3.05, 3.63) is 89.0 Å². The van der Waals surface area contributed by atoms with Crippen molar-refractivity contribution in [3.63, 3.8) is 0 Å². The van der Waals surface area contributed by atoms with Gasteiger partial charge in [-0.15, -0.1) is 0 Å². The molecule has 1 heterocycles. The quantitative estimate of drug-likeness (QED) is 0.320. The molecule has 5 nitrogen and oxygen atoms in total. The molecule has 1 saturated carbocycles. The highest BCUT2D eigenvalue weighted by molar-refractivity contribution is 5.92. The molecule has 2 aliphatic rings. The second kappa shape index (κ2) is 12.3. The average Bonchev–Trinajstić information content (AvgIpc) is 3.53. The Morgan fingerprint density at radius 1 is 1.02 bits per heavy atom. The molecule has 0 aromatic heterocycles. The predicted octanol–water partition coefficient (Wildman–Crippen LogP) is 7.36. The number of nitrogens with zero attached hydrogens (tertiary/aromatic N) is 3. The van der Waals surface area contributed by atoms with Gasteiger partial charge in [-0.25, -0.2) is 0 Å². The normalized spacial score (nSPS) is 17.7. The van der Waals surface area contributed by atoms with E-state index >= 15 is 0 Å². The molecule has 1 saturated heterocycles. The van der Waals surface area contributed by atoms with Crippen LogP contribution in [0.15, 0.2) is 66.7 Å². The van der Waals surface area contributed by atoms with Gasteiger partial charge < -0.3 is 10.2 Å². The number of hydrogen-bond donors (Lipinski definition) is 1. The lowest BCUT2D eigenvalue weighted by atomic mass is 9.78. The Hall–Kier alpha value is -3.67. The summed E-state index contributed by atoms with van der Waals surface area (Å²) >= 11 is 0. The van der Waals surface area contributed by atoms with Crippen LogP contribution in [0, 0.1) is 18.3 Å². The lowest BCUT2D eigenvalue weighted by Crippen LogP contribution is -2.54. The van der Waals surface area contributed by atoms with Gasteiger partial charge in [0.1, 0.15) is 0 Å². The second-order valence-corrected chi connectivity index (χ2v) is 11.7. The summed E-state index contributed by atoms with van der Waals surface area (Å²) in [5.41, 5.74) is 2.81. The standard InChI is InChI=1S/C34H37F3N4O/c1-24-10-15-29(21-31(24)34(35,36)37)39-32(42)23-40(2)33(16-18-41(19-17-33)30-8-3-4-9-30)28-13-11-26(12-14-28)27-7-5-6-25(20-27)22-38/h5-7,10-15,20-21,30H,3-4,8-9,16-19,23H2,1-2H3,(H,39,42). The molecular weight excluding hydrogens is 537 g/mol. The monoisotopic (exact) mass is 574 g/mol. The summed E-state index contributed by atoms with van der Waals surface area (Å²) < 4.78 is 40.3. The number of benzene rings is 3. The average molecular weight is 575 g/mol. The number of likely N-dealkylation sites (N-methyl/N-ethyl adjacent to an activating group) is 1. The van der Waals surface area contributed by atoms with Crippen molar-refractivity contribution in [2.75, 3.05) is 32.0 Å². The molecule has 1 amide bonds. The van der Waals surface area contributed by atoms with E-state index in [-0.39, 0.29) is 23.7 Å². The van der Waals surface area contributed by atoms with Crippen LogP contribution in [0.2, 0.25) is 0 Å². The van der Waals surface area contributed by atoms with Gasteiger partial charge in [0.05, 0.1) is 23.7 Å². The predicted molar refractivity (Wildman–Crippen MR) is 159 cm³/mol. The van der Waals surface area contributed by atoms with Crippen LogP contribution in [0.5, 0.6) is 0 Å². The highest BCUT2D eigenvalue weighted by Crippen LogP contribution is 2.41. The van der Waals surface area contributed by atoms with Crippen molar-refractivity contribution >= 4 is 11.6 Å². The van der Waals surface area contributed by atoms with Crippen molar-refractivity contribution in [1.82, 2.24) is 9.80 Å². The number of hydrogen-bond acceptors (Lipinski definition) is 4. The van der Waals surface area contributed by atoms with Crippen LogP contribution in [0.1, 0.15) is 60.8 Å². The minimum atomic E-state index is -4.49. The molecular formula is C34H37F3N4O. The molecule has 42 heavy (non-hydrogen) atoms. The number of likely N-dealkylation sites (tertiary alicyclic amines) is 1. The van der Waals surface area contributed by atoms with E-state index in [0.29, 0.717) is 11.6 Å². The number of rotatable bonds is 7. The third kappa shape index (κ3) is 6.38. The third-order valence-corrected chi connectivity index (χ3v) is 9.15. The van der Waals surface area contributed by atoms with E-state index in [0.717, 1.165) is 48.7 Å². The Morgan fingerprint density at radius 3 is 2.36 bits per heavy atom. The van der Waals surface area contributed by atoms with Crippen LogP contribution < -0.4 is 5.32 Å². The zero-order valence-corrected chi connectivity index (χ0v) is 24.2. The van der Waals surface area contributed by atoms with Gasteiger partial charge in [-0.2, -0.15) is 18.4 Å². The SMILES string of the molecule is Cc1ccc(NC(=O)CN(C)C2(c3ccc(-c4cccc(C#N)c4)cc3)CCN(C3CCCC3)CC2)cc1C(F)(F)F. The van der Waals surface area contributed by atoms with Crippen molar-refractivity contribution in [2.24, 2.45) is 0 Å². The van der Waals surface area contributed by atoms with Crippen LogP contribution in [0.25, 0.3) is 11.1 Å². The molecule has 0 unspecified atom stereocenters. The summed E-state index contributed by atoms with van der Waals surface area (Å²) in [5.74, 6) is -0.350. The minimum absolute atomic E-state index is 0.0463. The van der Waals surface area contributed by atoms with E-state index in [1.54, 1.807) is 6.07 Å². The third-order valence-electron chi connectivity index (χ3n) is 9.15. The fraction of sp³-hybridized carbons (Fsp3) is 0.412. The zero-order chi connectivity index (χ0) is 29.9. The Bertz CT molecular complexity index is 1450. The fourth-order valence-electron chi connectivity index (χ4n) is 6.73. The van der Waals surface area contributed by atoms with E-state index in [2.05, 4.69) is 45.5 Å². The highest BCUT2D eigenvalue weighted by Gasteiger charge is 2.42. The number of amides is 1. The Morgan fingerprint density at radius 2 is 1.71 bits per heavy atom. The number of nitrogens with one attached hydrogen (secondary N) is 1. The molecule has 1 aliphatic carbocycles. The summed E-state index contributed by atoms with van der Waals surface area (Å²) in [7, 11) is 1.94.